The molecule has 0 unspecified atom stereocenters. The number of aromatic nitrogens is 6. The predicted octanol–water partition coefficient (Wildman–Crippen LogP) is 2.62. The molecule has 0 radical (unpaired) electrons. The average molecular weight is 398 g/mol. The lowest BCUT2D eigenvalue weighted by molar-refractivity contribution is 0.351. The van der Waals surface area contributed by atoms with E-state index in [4.69, 9.17) is 4.98 Å². The second-order valence-electron chi connectivity index (χ2n) is 7.74. The second kappa shape index (κ2) is 6.80. The van der Waals surface area contributed by atoms with Gasteiger partial charge in [0, 0.05) is 42.3 Å². The first kappa shape index (κ1) is 17.5. The van der Waals surface area contributed by atoms with E-state index in [2.05, 4.69) is 19.5 Å². The molecule has 1 saturated carbocycles. The minimum atomic E-state index is -0.0596. The molecule has 0 spiro atoms. The van der Waals surface area contributed by atoms with Crippen LogP contribution in [0.25, 0.3) is 5.82 Å². The van der Waals surface area contributed by atoms with Crippen LogP contribution in [0.4, 0.5) is 5.13 Å². The summed E-state index contributed by atoms with van der Waals surface area (Å²) in [6.07, 6.45) is 4.18. The topological polar surface area (TPSA) is 81.7 Å². The molecule has 3 aromatic rings. The molecule has 0 N–H and O–H groups in total. The molecule has 4 heterocycles. The summed E-state index contributed by atoms with van der Waals surface area (Å²) in [6.45, 7) is 5.68. The Bertz CT molecular complexity index is 1060. The van der Waals surface area contributed by atoms with Crippen molar-refractivity contribution >= 4 is 16.7 Å². The Hall–Kier alpha value is -2.55. The Balaban J connectivity index is 1.33. The van der Waals surface area contributed by atoms with Gasteiger partial charge in [-0.2, -0.15) is 9.47 Å². The molecule has 0 atom stereocenters. The van der Waals surface area contributed by atoms with Crippen molar-refractivity contribution in [2.75, 3.05) is 18.0 Å². The van der Waals surface area contributed by atoms with Gasteiger partial charge in [0.2, 0.25) is 5.13 Å². The van der Waals surface area contributed by atoms with Crippen molar-refractivity contribution < 1.29 is 0 Å². The zero-order valence-electron chi connectivity index (χ0n) is 16.1. The number of hydrogen-bond acceptors (Lipinski definition) is 7. The predicted molar refractivity (Wildman–Crippen MR) is 107 cm³/mol. The number of nitrogens with zero attached hydrogens (tertiary/aromatic N) is 7. The van der Waals surface area contributed by atoms with Gasteiger partial charge in [0.25, 0.3) is 5.56 Å². The van der Waals surface area contributed by atoms with Crippen molar-refractivity contribution in [1.29, 1.82) is 0 Å². The average Bonchev–Trinajstić information content (AvgIpc) is 3.33. The van der Waals surface area contributed by atoms with Crippen LogP contribution < -0.4 is 10.5 Å². The summed E-state index contributed by atoms with van der Waals surface area (Å²) < 4.78 is 7.94. The van der Waals surface area contributed by atoms with E-state index >= 15 is 0 Å². The first-order chi connectivity index (χ1) is 13.6. The fourth-order valence-corrected chi connectivity index (χ4v) is 4.61. The van der Waals surface area contributed by atoms with Gasteiger partial charge in [0.15, 0.2) is 5.82 Å². The summed E-state index contributed by atoms with van der Waals surface area (Å²) in [5.41, 5.74) is 1.89. The van der Waals surface area contributed by atoms with Crippen LogP contribution in [0.15, 0.2) is 23.0 Å². The number of hydrogen-bond donors (Lipinski definition) is 0. The van der Waals surface area contributed by atoms with Crippen molar-refractivity contribution in [2.24, 2.45) is 0 Å². The largest absolute Gasteiger partial charge is 0.347 e. The molecule has 0 bridgehead atoms. The molecule has 9 heteroatoms. The second-order valence-corrected chi connectivity index (χ2v) is 8.47. The molecule has 8 nitrogen and oxygen atoms in total. The molecule has 5 rings (SSSR count). The Kier molecular flexibility index (Phi) is 4.26. The molecule has 1 aliphatic carbocycles. The van der Waals surface area contributed by atoms with E-state index in [0.29, 0.717) is 11.7 Å². The third-order valence-corrected chi connectivity index (χ3v) is 6.28. The van der Waals surface area contributed by atoms with E-state index in [1.165, 1.54) is 24.4 Å². The van der Waals surface area contributed by atoms with Crippen molar-refractivity contribution in [3.05, 3.63) is 45.8 Å². The molecule has 1 aliphatic heterocycles. The van der Waals surface area contributed by atoms with E-state index in [-0.39, 0.29) is 11.6 Å². The van der Waals surface area contributed by atoms with E-state index < -0.39 is 0 Å². The minimum absolute atomic E-state index is 0.0596. The molecular weight excluding hydrogens is 374 g/mol. The summed E-state index contributed by atoms with van der Waals surface area (Å²) in [5.74, 6) is 2.28. The normalized spacial score (nSPS) is 18.0. The fraction of sp³-hybridized carbons (Fsp3) is 0.526. The molecule has 0 aromatic carbocycles. The highest BCUT2D eigenvalue weighted by Crippen LogP contribution is 2.40. The smallest absolute Gasteiger partial charge is 0.267 e. The number of rotatable bonds is 4. The van der Waals surface area contributed by atoms with Gasteiger partial charge in [0.1, 0.15) is 5.82 Å². The van der Waals surface area contributed by atoms with Crippen molar-refractivity contribution in [3.8, 4) is 5.82 Å². The van der Waals surface area contributed by atoms with Crippen LogP contribution in [0.2, 0.25) is 0 Å². The lowest BCUT2D eigenvalue weighted by atomic mass is 10.1. The Morgan fingerprint density at radius 2 is 1.86 bits per heavy atom. The highest BCUT2D eigenvalue weighted by atomic mass is 32.1. The van der Waals surface area contributed by atoms with Gasteiger partial charge in [-0.3, -0.25) is 4.79 Å². The van der Waals surface area contributed by atoms with Crippen LogP contribution in [0.5, 0.6) is 0 Å². The van der Waals surface area contributed by atoms with E-state index in [1.54, 1.807) is 21.5 Å². The SMILES string of the molecule is Cc1cc(C)n(-c2ccc(=O)n(C3CCN(c4nc(C5CC5)ns4)CC3)n2)n1. The van der Waals surface area contributed by atoms with Gasteiger partial charge in [-0.05, 0) is 51.7 Å². The van der Waals surface area contributed by atoms with Crippen LogP contribution in [0.3, 0.4) is 0 Å². The summed E-state index contributed by atoms with van der Waals surface area (Å²) in [5, 5.41) is 10.1. The lowest BCUT2D eigenvalue weighted by Crippen LogP contribution is -2.38. The Labute approximate surface area is 167 Å². The van der Waals surface area contributed by atoms with Crippen LogP contribution in [0.1, 0.15) is 54.9 Å². The molecule has 2 fully saturated rings. The molecule has 28 heavy (non-hydrogen) atoms. The zero-order chi connectivity index (χ0) is 19.3. The maximum atomic E-state index is 12.5. The standard InChI is InChI=1S/C19H23N7OS/c1-12-11-13(2)25(21-12)16-5-6-17(27)26(22-16)15-7-9-24(10-8-15)19-20-18(23-28-19)14-3-4-14/h5-6,11,14-15H,3-4,7-10H2,1-2H3. The van der Waals surface area contributed by atoms with Crippen molar-refractivity contribution in [3.63, 3.8) is 0 Å². The van der Waals surface area contributed by atoms with Gasteiger partial charge in [-0.25, -0.2) is 14.3 Å². The van der Waals surface area contributed by atoms with E-state index in [0.717, 1.165) is 48.3 Å². The maximum absolute atomic E-state index is 12.5. The van der Waals surface area contributed by atoms with Crippen LogP contribution in [0, 0.1) is 13.8 Å². The van der Waals surface area contributed by atoms with Gasteiger partial charge >= 0.3 is 0 Å². The number of aryl methyl sites for hydroxylation is 2. The van der Waals surface area contributed by atoms with Crippen molar-refractivity contribution in [1.82, 2.24) is 28.9 Å². The lowest BCUT2D eigenvalue weighted by Gasteiger charge is -2.31. The van der Waals surface area contributed by atoms with Gasteiger partial charge in [0.05, 0.1) is 11.7 Å². The first-order valence-electron chi connectivity index (χ1n) is 9.80. The van der Waals surface area contributed by atoms with Crippen LogP contribution >= 0.6 is 11.5 Å². The van der Waals surface area contributed by atoms with E-state index in [1.807, 2.05) is 19.9 Å². The van der Waals surface area contributed by atoms with Gasteiger partial charge < -0.3 is 4.90 Å². The fourth-order valence-electron chi connectivity index (χ4n) is 3.81. The summed E-state index contributed by atoms with van der Waals surface area (Å²) >= 11 is 1.50. The zero-order valence-corrected chi connectivity index (χ0v) is 16.9. The molecule has 3 aromatic heterocycles. The first-order valence-corrected chi connectivity index (χ1v) is 10.6. The number of anilines is 1. The van der Waals surface area contributed by atoms with Crippen molar-refractivity contribution in [2.45, 2.75) is 51.5 Å². The molecule has 2 aliphatic rings. The van der Waals surface area contributed by atoms with Gasteiger partial charge in [-0.1, -0.05) is 0 Å². The molecule has 1 saturated heterocycles. The quantitative estimate of drug-likeness (QED) is 0.673. The highest BCUT2D eigenvalue weighted by molar-refractivity contribution is 7.09. The van der Waals surface area contributed by atoms with Crippen LogP contribution in [-0.4, -0.2) is 42.0 Å². The Morgan fingerprint density at radius 3 is 2.54 bits per heavy atom. The number of piperidine rings is 1. The van der Waals surface area contributed by atoms with E-state index in [9.17, 15) is 4.79 Å². The summed E-state index contributed by atoms with van der Waals surface area (Å²) in [6, 6.07) is 5.44. The van der Waals surface area contributed by atoms with Crippen LogP contribution in [-0.2, 0) is 0 Å². The third kappa shape index (κ3) is 3.23. The molecule has 146 valence electrons. The summed E-state index contributed by atoms with van der Waals surface area (Å²) in [4.78, 5) is 19.5. The molecular formula is C19H23N7OS. The molecule has 0 amide bonds. The Morgan fingerprint density at radius 1 is 1.07 bits per heavy atom. The third-order valence-electron chi connectivity index (χ3n) is 5.49. The summed E-state index contributed by atoms with van der Waals surface area (Å²) in [7, 11) is 0. The monoisotopic (exact) mass is 397 g/mol. The van der Waals surface area contributed by atoms with Gasteiger partial charge in [-0.15, -0.1) is 5.10 Å². The maximum Gasteiger partial charge on any atom is 0.267 e. The highest BCUT2D eigenvalue weighted by Gasteiger charge is 2.30. The minimum Gasteiger partial charge on any atom is -0.347 e.